The third kappa shape index (κ3) is 4.98. The number of hydrogen-bond donors (Lipinski definition) is 2. The van der Waals surface area contributed by atoms with Crippen molar-refractivity contribution in [2.24, 2.45) is 5.92 Å². The van der Waals surface area contributed by atoms with Crippen molar-refractivity contribution in [3.8, 4) is 0 Å². The predicted molar refractivity (Wildman–Crippen MR) is 101 cm³/mol. The lowest BCUT2D eigenvalue weighted by atomic mass is 9.77. The topological polar surface area (TPSA) is 75.6 Å². The molecule has 0 aliphatic carbocycles. The van der Waals surface area contributed by atoms with Gasteiger partial charge in [-0.2, -0.15) is 13.2 Å². The molecule has 2 aromatic rings. The Hall–Kier alpha value is -1.94. The smallest absolute Gasteiger partial charge is 0.383 e. The molecule has 0 bridgehead atoms. The van der Waals surface area contributed by atoms with Crippen LogP contribution in [0.15, 0.2) is 59.5 Å². The van der Waals surface area contributed by atoms with Crippen LogP contribution in [0.5, 0.6) is 0 Å². The maximum absolute atomic E-state index is 12.7. The quantitative estimate of drug-likeness (QED) is 0.739. The Labute approximate surface area is 167 Å². The monoisotopic (exact) mass is 429 g/mol. The van der Waals surface area contributed by atoms with Gasteiger partial charge in [-0.15, -0.1) is 0 Å². The molecule has 0 amide bonds. The molecule has 1 heterocycles. The van der Waals surface area contributed by atoms with Crippen molar-refractivity contribution in [3.05, 3.63) is 65.7 Å². The largest absolute Gasteiger partial charge is 0.416 e. The van der Waals surface area contributed by atoms with E-state index in [0.717, 1.165) is 24.3 Å². The summed E-state index contributed by atoms with van der Waals surface area (Å²) in [6, 6.07) is 12.0. The van der Waals surface area contributed by atoms with E-state index in [0.29, 0.717) is 31.6 Å². The number of sulfonamides is 1. The van der Waals surface area contributed by atoms with Crippen LogP contribution in [-0.4, -0.2) is 33.3 Å². The van der Waals surface area contributed by atoms with Crippen molar-refractivity contribution < 1.29 is 31.4 Å². The second-order valence-electron chi connectivity index (χ2n) is 7.02. The third-order valence-corrected chi connectivity index (χ3v) is 6.61. The molecule has 2 N–H and O–H groups in total. The zero-order chi connectivity index (χ0) is 21.1. The summed E-state index contributed by atoms with van der Waals surface area (Å²) in [5, 5.41) is 11.4. The van der Waals surface area contributed by atoms with Gasteiger partial charge in [-0.05, 0) is 48.6 Å². The van der Waals surface area contributed by atoms with Gasteiger partial charge in [0.1, 0.15) is 5.60 Å². The molecule has 1 aliphatic rings. The van der Waals surface area contributed by atoms with E-state index in [1.165, 1.54) is 0 Å². The number of hydrogen-bond acceptors (Lipinski definition) is 4. The van der Waals surface area contributed by atoms with Gasteiger partial charge in [0.25, 0.3) is 0 Å². The summed E-state index contributed by atoms with van der Waals surface area (Å²) in [6.07, 6.45) is -3.42. The number of nitrogens with one attached hydrogen (secondary N) is 1. The SMILES string of the molecule is O=S(=O)(NCC(O)(c1ccccc1)C1CCOCC1)c1ccc(C(F)(F)F)cc1. The summed E-state index contributed by atoms with van der Waals surface area (Å²) in [7, 11) is -4.11. The second-order valence-corrected chi connectivity index (χ2v) is 8.79. The van der Waals surface area contributed by atoms with Crippen LogP contribution in [0.2, 0.25) is 0 Å². The van der Waals surface area contributed by atoms with Crippen LogP contribution in [0.1, 0.15) is 24.0 Å². The van der Waals surface area contributed by atoms with Crippen molar-refractivity contribution in [1.29, 1.82) is 0 Å². The van der Waals surface area contributed by atoms with E-state index in [1.54, 1.807) is 30.3 Å². The number of halogens is 3. The van der Waals surface area contributed by atoms with E-state index in [2.05, 4.69) is 4.72 Å². The molecule has 9 heteroatoms. The molecule has 1 saturated heterocycles. The molecule has 1 fully saturated rings. The summed E-state index contributed by atoms with van der Waals surface area (Å²) in [6.45, 7) is 0.627. The van der Waals surface area contributed by atoms with Crippen LogP contribution < -0.4 is 4.72 Å². The van der Waals surface area contributed by atoms with E-state index in [4.69, 9.17) is 4.74 Å². The minimum Gasteiger partial charge on any atom is -0.383 e. The predicted octanol–water partition coefficient (Wildman–Crippen LogP) is 3.30. The van der Waals surface area contributed by atoms with Crippen LogP contribution in [0.4, 0.5) is 13.2 Å². The highest BCUT2D eigenvalue weighted by molar-refractivity contribution is 7.89. The molecule has 1 unspecified atom stereocenters. The Morgan fingerprint density at radius 2 is 1.55 bits per heavy atom. The first-order chi connectivity index (χ1) is 13.6. The van der Waals surface area contributed by atoms with Crippen molar-refractivity contribution in [2.75, 3.05) is 19.8 Å². The van der Waals surface area contributed by atoms with Gasteiger partial charge in [0, 0.05) is 19.8 Å². The highest BCUT2D eigenvalue weighted by Gasteiger charge is 2.40. The zero-order valence-corrected chi connectivity index (χ0v) is 16.3. The molecule has 2 aromatic carbocycles. The lowest BCUT2D eigenvalue weighted by Gasteiger charge is -2.39. The van der Waals surface area contributed by atoms with Gasteiger partial charge in [0.2, 0.25) is 10.0 Å². The van der Waals surface area contributed by atoms with E-state index in [1.807, 2.05) is 0 Å². The fraction of sp³-hybridized carbons (Fsp3) is 0.400. The van der Waals surface area contributed by atoms with E-state index in [-0.39, 0.29) is 17.4 Å². The number of aliphatic hydroxyl groups is 1. The standard InChI is InChI=1S/C20H22F3NO4S/c21-20(22,23)17-6-8-18(9-7-17)29(26,27)24-14-19(25,15-4-2-1-3-5-15)16-10-12-28-13-11-16/h1-9,16,24-25H,10-14H2. The number of alkyl halides is 3. The molecular formula is C20H22F3NO4S. The van der Waals surface area contributed by atoms with Crippen molar-refractivity contribution in [1.82, 2.24) is 4.72 Å². The fourth-order valence-corrected chi connectivity index (χ4v) is 4.57. The Kier molecular flexibility index (Phi) is 6.33. The summed E-state index contributed by atoms with van der Waals surface area (Å²) in [4.78, 5) is -0.298. The number of ether oxygens (including phenoxy) is 1. The van der Waals surface area contributed by atoms with Gasteiger partial charge in [-0.3, -0.25) is 0 Å². The Morgan fingerprint density at radius 1 is 0.966 bits per heavy atom. The third-order valence-electron chi connectivity index (χ3n) is 5.19. The number of benzene rings is 2. The first-order valence-electron chi connectivity index (χ1n) is 9.15. The number of rotatable bonds is 6. The maximum Gasteiger partial charge on any atom is 0.416 e. The van der Waals surface area contributed by atoms with E-state index < -0.39 is 27.4 Å². The van der Waals surface area contributed by atoms with Crippen LogP contribution in [0.3, 0.4) is 0 Å². The molecule has 1 atom stereocenters. The molecule has 1 aliphatic heterocycles. The lowest BCUT2D eigenvalue weighted by Crippen LogP contribution is -2.47. The Morgan fingerprint density at radius 3 is 2.10 bits per heavy atom. The van der Waals surface area contributed by atoms with Gasteiger partial charge in [-0.1, -0.05) is 30.3 Å². The van der Waals surface area contributed by atoms with Gasteiger partial charge in [0.05, 0.1) is 10.5 Å². The summed E-state index contributed by atoms with van der Waals surface area (Å²) in [5.41, 5.74) is -1.83. The molecule has 0 aromatic heterocycles. The molecule has 3 rings (SSSR count). The van der Waals surface area contributed by atoms with Gasteiger partial charge >= 0.3 is 6.18 Å². The fourth-order valence-electron chi connectivity index (χ4n) is 3.50. The Bertz CT molecular complexity index is 911. The molecule has 29 heavy (non-hydrogen) atoms. The highest BCUT2D eigenvalue weighted by atomic mass is 32.2. The molecule has 5 nitrogen and oxygen atoms in total. The minimum absolute atomic E-state index is 0.228. The first kappa shape index (κ1) is 21.8. The van der Waals surface area contributed by atoms with Crippen molar-refractivity contribution in [3.63, 3.8) is 0 Å². The molecule has 0 radical (unpaired) electrons. The maximum atomic E-state index is 12.7. The Balaban J connectivity index is 1.83. The highest BCUT2D eigenvalue weighted by Crippen LogP contribution is 2.36. The van der Waals surface area contributed by atoms with Gasteiger partial charge in [0.15, 0.2) is 0 Å². The molecular weight excluding hydrogens is 407 g/mol. The van der Waals surface area contributed by atoms with Crippen LogP contribution in [0, 0.1) is 5.92 Å². The zero-order valence-electron chi connectivity index (χ0n) is 15.5. The van der Waals surface area contributed by atoms with Crippen LogP contribution in [-0.2, 0) is 26.5 Å². The normalized spacial score (nSPS) is 18.3. The van der Waals surface area contributed by atoms with Gasteiger partial charge in [-0.25, -0.2) is 13.1 Å². The van der Waals surface area contributed by atoms with E-state index >= 15 is 0 Å². The first-order valence-corrected chi connectivity index (χ1v) is 10.6. The summed E-state index contributed by atoms with van der Waals surface area (Å²) in [5.74, 6) is -0.228. The average molecular weight is 429 g/mol. The lowest BCUT2D eigenvalue weighted by molar-refractivity contribution is -0.137. The minimum atomic E-state index is -4.55. The molecule has 158 valence electrons. The molecule has 0 saturated carbocycles. The summed E-state index contributed by atoms with van der Waals surface area (Å²) >= 11 is 0. The van der Waals surface area contributed by atoms with Crippen LogP contribution in [0.25, 0.3) is 0 Å². The second kappa shape index (κ2) is 8.43. The average Bonchev–Trinajstić information content (AvgIpc) is 2.73. The van der Waals surface area contributed by atoms with Crippen molar-refractivity contribution >= 4 is 10.0 Å². The van der Waals surface area contributed by atoms with E-state index in [9.17, 15) is 26.7 Å². The van der Waals surface area contributed by atoms with Crippen LogP contribution >= 0.6 is 0 Å². The summed E-state index contributed by atoms with van der Waals surface area (Å²) < 4.78 is 71.1. The van der Waals surface area contributed by atoms with Crippen molar-refractivity contribution in [2.45, 2.75) is 29.5 Å². The molecule has 0 spiro atoms. The van der Waals surface area contributed by atoms with Gasteiger partial charge < -0.3 is 9.84 Å².